The lowest BCUT2D eigenvalue weighted by atomic mass is 9.95. The van der Waals surface area contributed by atoms with Crippen LogP contribution in [0, 0.1) is 5.92 Å². The van der Waals surface area contributed by atoms with Gasteiger partial charge in [0, 0.05) is 13.1 Å². The Morgan fingerprint density at radius 3 is 2.67 bits per heavy atom. The van der Waals surface area contributed by atoms with Gasteiger partial charge in [0.1, 0.15) is 5.75 Å². The molecule has 0 spiro atoms. The molecule has 1 saturated heterocycles. The molecular formula is C25H26N2O3. The van der Waals surface area contributed by atoms with Crippen molar-refractivity contribution in [1.29, 1.82) is 0 Å². The number of carbonyl (C=O) groups excluding carboxylic acids is 2. The van der Waals surface area contributed by atoms with Crippen molar-refractivity contribution in [2.24, 2.45) is 5.92 Å². The van der Waals surface area contributed by atoms with E-state index in [1.54, 1.807) is 7.11 Å². The molecule has 5 heteroatoms. The van der Waals surface area contributed by atoms with E-state index in [1.807, 2.05) is 53.4 Å². The molecule has 0 aromatic heterocycles. The number of likely N-dealkylation sites (tertiary alicyclic amines) is 1. The highest BCUT2D eigenvalue weighted by Gasteiger charge is 2.29. The average molecular weight is 402 g/mol. The standard InChI is InChI=1S/C25H26N2O3/c1-30-23-14-5-4-13-22(23)26-25(29)20-11-7-15-27(17-20)24(28)16-19-10-6-9-18-8-2-3-12-21(18)19/h2-6,8-10,12-14,20H,7,11,15-17H2,1H3,(H,26,29). The van der Waals surface area contributed by atoms with Gasteiger partial charge in [0.25, 0.3) is 0 Å². The zero-order chi connectivity index (χ0) is 20.9. The molecule has 1 fully saturated rings. The summed E-state index contributed by atoms with van der Waals surface area (Å²) in [7, 11) is 1.58. The van der Waals surface area contributed by atoms with Crippen molar-refractivity contribution in [2.45, 2.75) is 19.3 Å². The Bertz CT molecular complexity index is 1060. The van der Waals surface area contributed by atoms with Crippen LogP contribution in [0.25, 0.3) is 10.8 Å². The van der Waals surface area contributed by atoms with Crippen molar-refractivity contribution in [1.82, 2.24) is 4.90 Å². The van der Waals surface area contributed by atoms with Gasteiger partial charge >= 0.3 is 0 Å². The van der Waals surface area contributed by atoms with Crippen LogP contribution in [-0.2, 0) is 16.0 Å². The van der Waals surface area contributed by atoms with Gasteiger partial charge in [0.15, 0.2) is 0 Å². The highest BCUT2D eigenvalue weighted by molar-refractivity contribution is 5.95. The minimum Gasteiger partial charge on any atom is -0.495 e. The predicted octanol–water partition coefficient (Wildman–Crippen LogP) is 4.27. The first-order valence-electron chi connectivity index (χ1n) is 10.3. The topological polar surface area (TPSA) is 58.6 Å². The summed E-state index contributed by atoms with van der Waals surface area (Å²) in [6, 6.07) is 21.5. The molecule has 1 atom stereocenters. The third kappa shape index (κ3) is 4.30. The van der Waals surface area contributed by atoms with Crippen molar-refractivity contribution in [3.05, 3.63) is 72.3 Å². The molecule has 4 rings (SSSR count). The first kappa shape index (κ1) is 20.0. The number of ether oxygens (including phenoxy) is 1. The van der Waals surface area contributed by atoms with Crippen LogP contribution in [0.4, 0.5) is 5.69 Å². The lowest BCUT2D eigenvalue weighted by Gasteiger charge is -2.32. The van der Waals surface area contributed by atoms with E-state index in [0.29, 0.717) is 30.9 Å². The summed E-state index contributed by atoms with van der Waals surface area (Å²) in [6.07, 6.45) is 1.95. The Labute approximate surface area is 176 Å². The lowest BCUT2D eigenvalue weighted by Crippen LogP contribution is -2.44. The van der Waals surface area contributed by atoms with E-state index in [-0.39, 0.29) is 17.7 Å². The first-order valence-corrected chi connectivity index (χ1v) is 10.3. The smallest absolute Gasteiger partial charge is 0.229 e. The molecule has 0 aliphatic carbocycles. The van der Waals surface area contributed by atoms with E-state index in [0.717, 1.165) is 29.2 Å². The summed E-state index contributed by atoms with van der Waals surface area (Å²) in [5, 5.41) is 5.20. The number of hydrogen-bond donors (Lipinski definition) is 1. The van der Waals surface area contributed by atoms with Gasteiger partial charge in [-0.3, -0.25) is 9.59 Å². The summed E-state index contributed by atoms with van der Waals surface area (Å²) in [5.41, 5.74) is 1.68. The number of methoxy groups -OCH3 is 1. The SMILES string of the molecule is COc1ccccc1NC(=O)C1CCCN(C(=O)Cc2cccc3ccccc23)C1. The van der Waals surface area contributed by atoms with E-state index in [9.17, 15) is 9.59 Å². The van der Waals surface area contributed by atoms with Crippen LogP contribution in [0.2, 0.25) is 0 Å². The molecule has 2 amide bonds. The van der Waals surface area contributed by atoms with Gasteiger partial charge in [-0.05, 0) is 41.3 Å². The maximum absolute atomic E-state index is 13.0. The van der Waals surface area contributed by atoms with Gasteiger partial charge < -0.3 is 15.0 Å². The molecule has 30 heavy (non-hydrogen) atoms. The van der Waals surface area contributed by atoms with Gasteiger partial charge in [-0.25, -0.2) is 0 Å². The summed E-state index contributed by atoms with van der Waals surface area (Å²) in [5.74, 6) is 0.411. The summed E-state index contributed by atoms with van der Waals surface area (Å²) in [4.78, 5) is 27.7. The third-order valence-electron chi connectivity index (χ3n) is 5.73. The molecule has 1 unspecified atom stereocenters. The summed E-state index contributed by atoms with van der Waals surface area (Å²) in [6.45, 7) is 1.15. The second-order valence-electron chi connectivity index (χ2n) is 7.68. The molecule has 0 bridgehead atoms. The van der Waals surface area contributed by atoms with E-state index in [1.165, 1.54) is 0 Å². The van der Waals surface area contributed by atoms with E-state index < -0.39 is 0 Å². The maximum atomic E-state index is 13.0. The Balaban J connectivity index is 1.43. The van der Waals surface area contributed by atoms with Crippen LogP contribution in [0.5, 0.6) is 5.75 Å². The quantitative estimate of drug-likeness (QED) is 0.693. The monoisotopic (exact) mass is 402 g/mol. The van der Waals surface area contributed by atoms with E-state index in [4.69, 9.17) is 4.74 Å². The molecule has 1 heterocycles. The number of benzene rings is 3. The molecule has 3 aromatic carbocycles. The van der Waals surface area contributed by atoms with Crippen molar-refractivity contribution < 1.29 is 14.3 Å². The molecule has 154 valence electrons. The van der Waals surface area contributed by atoms with Crippen molar-refractivity contribution in [3.63, 3.8) is 0 Å². The van der Waals surface area contributed by atoms with Gasteiger partial charge in [0.2, 0.25) is 11.8 Å². The number of amides is 2. The zero-order valence-electron chi connectivity index (χ0n) is 17.1. The molecule has 0 saturated carbocycles. The van der Waals surface area contributed by atoms with Gasteiger partial charge in [-0.15, -0.1) is 0 Å². The number of rotatable bonds is 5. The highest BCUT2D eigenvalue weighted by Crippen LogP contribution is 2.26. The van der Waals surface area contributed by atoms with Gasteiger partial charge in [-0.2, -0.15) is 0 Å². The molecule has 5 nitrogen and oxygen atoms in total. The Morgan fingerprint density at radius 2 is 1.80 bits per heavy atom. The number of nitrogens with zero attached hydrogens (tertiary/aromatic N) is 1. The number of hydrogen-bond acceptors (Lipinski definition) is 3. The average Bonchev–Trinajstić information content (AvgIpc) is 2.79. The Morgan fingerprint density at radius 1 is 1.03 bits per heavy atom. The predicted molar refractivity (Wildman–Crippen MR) is 119 cm³/mol. The first-order chi connectivity index (χ1) is 14.7. The largest absolute Gasteiger partial charge is 0.495 e. The molecule has 1 N–H and O–H groups in total. The fraction of sp³-hybridized carbons (Fsp3) is 0.280. The minimum absolute atomic E-state index is 0.0674. The fourth-order valence-electron chi connectivity index (χ4n) is 4.12. The number of anilines is 1. The maximum Gasteiger partial charge on any atom is 0.229 e. The van der Waals surface area contributed by atoms with Crippen LogP contribution in [0.15, 0.2) is 66.7 Å². The number of carbonyl (C=O) groups is 2. The van der Waals surface area contributed by atoms with Crippen LogP contribution in [0.1, 0.15) is 18.4 Å². The molecular weight excluding hydrogens is 376 g/mol. The van der Waals surface area contributed by atoms with Crippen LogP contribution in [-0.4, -0.2) is 36.9 Å². The van der Waals surface area contributed by atoms with Crippen molar-refractivity contribution in [2.75, 3.05) is 25.5 Å². The summed E-state index contributed by atoms with van der Waals surface area (Å²) < 4.78 is 5.32. The Kier molecular flexibility index (Phi) is 5.98. The third-order valence-corrected chi connectivity index (χ3v) is 5.73. The van der Waals surface area contributed by atoms with Crippen LogP contribution < -0.4 is 10.1 Å². The second-order valence-corrected chi connectivity index (χ2v) is 7.68. The fourth-order valence-corrected chi connectivity index (χ4v) is 4.12. The molecule has 1 aliphatic heterocycles. The molecule has 1 aliphatic rings. The molecule has 3 aromatic rings. The Hall–Kier alpha value is -3.34. The number of fused-ring (bicyclic) bond motifs is 1. The molecule has 0 radical (unpaired) electrons. The lowest BCUT2D eigenvalue weighted by molar-refractivity contribution is -0.133. The zero-order valence-corrected chi connectivity index (χ0v) is 17.1. The van der Waals surface area contributed by atoms with Gasteiger partial charge in [-0.1, -0.05) is 54.6 Å². The van der Waals surface area contributed by atoms with Gasteiger partial charge in [0.05, 0.1) is 25.1 Å². The van der Waals surface area contributed by atoms with Crippen molar-refractivity contribution in [3.8, 4) is 5.75 Å². The van der Waals surface area contributed by atoms with Crippen LogP contribution in [0.3, 0.4) is 0 Å². The van der Waals surface area contributed by atoms with Crippen LogP contribution >= 0.6 is 0 Å². The number of piperidine rings is 1. The highest BCUT2D eigenvalue weighted by atomic mass is 16.5. The number of nitrogens with one attached hydrogen (secondary N) is 1. The van der Waals surface area contributed by atoms with Crippen molar-refractivity contribution >= 4 is 28.3 Å². The number of para-hydroxylation sites is 2. The normalized spacial score (nSPS) is 16.3. The van der Waals surface area contributed by atoms with E-state index in [2.05, 4.69) is 23.5 Å². The summed E-state index contributed by atoms with van der Waals surface area (Å²) >= 11 is 0. The van der Waals surface area contributed by atoms with E-state index >= 15 is 0 Å². The minimum atomic E-state index is -0.222. The second kappa shape index (κ2) is 8.99.